The minimum Gasteiger partial charge on any atom is -0.507 e. The number of hydrogen-bond donors (Lipinski definition) is 1. The number of para-hydroxylation sites is 2. The normalized spacial score (nSPS) is 14.9. The van der Waals surface area contributed by atoms with Crippen LogP contribution in [0.5, 0.6) is 11.5 Å². The van der Waals surface area contributed by atoms with E-state index >= 15 is 0 Å². The van der Waals surface area contributed by atoms with Crippen LogP contribution in [0.15, 0.2) is 48.5 Å². The second-order valence-electron chi connectivity index (χ2n) is 5.82. The van der Waals surface area contributed by atoms with Crippen molar-refractivity contribution in [2.75, 3.05) is 0 Å². The summed E-state index contributed by atoms with van der Waals surface area (Å²) in [5.41, 5.74) is 0.974. The molecule has 0 aromatic heterocycles. The van der Waals surface area contributed by atoms with Crippen molar-refractivity contribution < 1.29 is 19.4 Å². The van der Waals surface area contributed by atoms with Gasteiger partial charge >= 0.3 is 0 Å². The molecule has 0 spiro atoms. The molecule has 132 valence electrons. The molecule has 0 aliphatic heterocycles. The Kier molecular flexibility index (Phi) is 7.67. The third kappa shape index (κ3) is 7.52. The zero-order valence-corrected chi connectivity index (χ0v) is 15.4. The van der Waals surface area contributed by atoms with Crippen molar-refractivity contribution in [1.82, 2.24) is 0 Å². The Labute approximate surface area is 156 Å². The molecule has 5 heteroatoms. The van der Waals surface area contributed by atoms with Crippen LogP contribution in [0.1, 0.15) is 46.4 Å². The highest BCUT2D eigenvalue weighted by molar-refractivity contribution is 9.09. The number of rotatable bonds is 4. The van der Waals surface area contributed by atoms with E-state index in [0.29, 0.717) is 23.5 Å². The zero-order valence-electron chi connectivity index (χ0n) is 13.8. The molecule has 25 heavy (non-hydrogen) atoms. The lowest BCUT2D eigenvalue weighted by atomic mass is 10.2. The molecule has 2 fully saturated rings. The zero-order chi connectivity index (χ0) is 18.1. The molecule has 0 heterocycles. The highest BCUT2D eigenvalue weighted by Crippen LogP contribution is 2.28. The molecular formula is C20H21BrO4. The number of aromatic hydroxyl groups is 1. The Balaban J connectivity index is 0.000000152. The summed E-state index contributed by atoms with van der Waals surface area (Å²) in [7, 11) is 0. The summed E-state index contributed by atoms with van der Waals surface area (Å²) >= 11 is 3.38. The smallest absolute Gasteiger partial charge is 0.153 e. The van der Waals surface area contributed by atoms with Crippen LogP contribution in [0.2, 0.25) is 0 Å². The molecule has 2 saturated carbocycles. The van der Waals surface area contributed by atoms with Crippen molar-refractivity contribution in [2.24, 2.45) is 0 Å². The average Bonchev–Trinajstić information content (AvgIpc) is 3.56. The average molecular weight is 405 g/mol. The predicted molar refractivity (Wildman–Crippen MR) is 101 cm³/mol. The lowest BCUT2D eigenvalue weighted by molar-refractivity contribution is 0.111. The molecular weight excluding hydrogens is 384 g/mol. The van der Waals surface area contributed by atoms with Gasteiger partial charge in [0.25, 0.3) is 0 Å². The summed E-state index contributed by atoms with van der Waals surface area (Å²) in [4.78, 5) is 21.5. The summed E-state index contributed by atoms with van der Waals surface area (Å²) in [6.45, 7) is 0. The second-order valence-corrected chi connectivity index (χ2v) is 7.12. The topological polar surface area (TPSA) is 63.6 Å². The lowest BCUT2D eigenvalue weighted by Crippen LogP contribution is -1.98. The second kappa shape index (κ2) is 9.99. The molecule has 2 aromatic carbocycles. The Bertz CT molecular complexity index is 694. The number of aldehydes is 2. The number of carbonyl (C=O) groups excluding carboxylic acids is 2. The molecule has 0 atom stereocenters. The first-order chi connectivity index (χ1) is 12.1. The van der Waals surface area contributed by atoms with Crippen LogP contribution in [0.25, 0.3) is 0 Å². The molecule has 0 radical (unpaired) electrons. The lowest BCUT2D eigenvalue weighted by Gasteiger charge is -2.05. The summed E-state index contributed by atoms with van der Waals surface area (Å²) in [6, 6.07) is 13.7. The summed E-state index contributed by atoms with van der Waals surface area (Å²) < 4.78 is 5.52. The number of alkyl halides is 1. The van der Waals surface area contributed by atoms with Gasteiger partial charge in [-0.25, -0.2) is 0 Å². The van der Waals surface area contributed by atoms with Gasteiger partial charge in [-0.05, 0) is 49.9 Å². The van der Waals surface area contributed by atoms with E-state index in [0.717, 1.165) is 29.7 Å². The predicted octanol–water partition coefficient (Wildman–Crippen LogP) is 4.79. The van der Waals surface area contributed by atoms with Gasteiger partial charge in [-0.3, -0.25) is 9.59 Å². The van der Waals surface area contributed by atoms with E-state index in [1.54, 1.807) is 24.3 Å². The number of ether oxygens (including phenoxy) is 1. The molecule has 2 aromatic rings. The molecule has 4 rings (SSSR count). The molecule has 4 nitrogen and oxygen atoms in total. The van der Waals surface area contributed by atoms with Crippen molar-refractivity contribution >= 4 is 28.5 Å². The quantitative estimate of drug-likeness (QED) is 0.587. The van der Waals surface area contributed by atoms with E-state index < -0.39 is 0 Å². The monoisotopic (exact) mass is 404 g/mol. The van der Waals surface area contributed by atoms with E-state index in [4.69, 9.17) is 9.84 Å². The van der Waals surface area contributed by atoms with E-state index in [-0.39, 0.29) is 5.75 Å². The van der Waals surface area contributed by atoms with Crippen molar-refractivity contribution in [3.05, 3.63) is 59.7 Å². The van der Waals surface area contributed by atoms with Gasteiger partial charge in [-0.15, -0.1) is 0 Å². The minimum atomic E-state index is 0.0347. The minimum absolute atomic E-state index is 0.0347. The molecule has 2 aliphatic carbocycles. The van der Waals surface area contributed by atoms with Crippen LogP contribution in [0.4, 0.5) is 0 Å². The fourth-order valence-electron chi connectivity index (χ4n) is 1.70. The highest BCUT2D eigenvalue weighted by Gasteiger charge is 2.24. The van der Waals surface area contributed by atoms with Crippen LogP contribution in [-0.4, -0.2) is 28.6 Å². The first-order valence-electron chi connectivity index (χ1n) is 8.22. The van der Waals surface area contributed by atoms with Crippen molar-refractivity contribution in [3.63, 3.8) is 0 Å². The highest BCUT2D eigenvalue weighted by atomic mass is 79.9. The number of hydrogen-bond acceptors (Lipinski definition) is 4. The SMILES string of the molecule is BrC1CC1.O=Cc1ccccc1O.O=Cc1ccccc1OC1CC1. The number of carbonyl (C=O) groups is 2. The largest absolute Gasteiger partial charge is 0.507 e. The Morgan fingerprint density at radius 1 is 0.880 bits per heavy atom. The van der Waals surface area contributed by atoms with Gasteiger partial charge < -0.3 is 9.84 Å². The maximum atomic E-state index is 10.5. The summed E-state index contributed by atoms with van der Waals surface area (Å²) in [6.07, 6.45) is 6.85. The van der Waals surface area contributed by atoms with Gasteiger partial charge in [0, 0.05) is 4.83 Å². The van der Waals surface area contributed by atoms with Crippen LogP contribution < -0.4 is 4.74 Å². The van der Waals surface area contributed by atoms with Gasteiger partial charge in [-0.1, -0.05) is 40.2 Å². The van der Waals surface area contributed by atoms with E-state index in [1.165, 1.54) is 18.9 Å². The first kappa shape index (κ1) is 19.2. The van der Waals surface area contributed by atoms with E-state index in [2.05, 4.69) is 15.9 Å². The number of phenols is 1. The maximum absolute atomic E-state index is 10.5. The molecule has 0 saturated heterocycles. The van der Waals surface area contributed by atoms with Gasteiger partial charge in [-0.2, -0.15) is 0 Å². The van der Waals surface area contributed by atoms with E-state index in [1.807, 2.05) is 18.2 Å². The number of phenolic OH excluding ortho intramolecular Hbond substituents is 1. The van der Waals surface area contributed by atoms with Crippen molar-refractivity contribution in [2.45, 2.75) is 36.6 Å². The van der Waals surface area contributed by atoms with Crippen LogP contribution >= 0.6 is 15.9 Å². The van der Waals surface area contributed by atoms with Crippen molar-refractivity contribution in [1.29, 1.82) is 0 Å². The maximum Gasteiger partial charge on any atom is 0.153 e. The van der Waals surface area contributed by atoms with Gasteiger partial charge in [0.05, 0.1) is 17.2 Å². The van der Waals surface area contributed by atoms with Gasteiger partial charge in [0.2, 0.25) is 0 Å². The third-order valence-electron chi connectivity index (χ3n) is 3.43. The van der Waals surface area contributed by atoms with Crippen LogP contribution in [0, 0.1) is 0 Å². The standard InChI is InChI=1S/C10H10O2.C7H6O2.C3H5Br/c11-7-8-3-1-2-4-10(8)12-9-5-6-9;8-5-6-3-1-2-4-7(6)9;4-3-1-2-3/h1-4,7,9H,5-6H2;1-5,9H;3H,1-2H2. The summed E-state index contributed by atoms with van der Waals surface area (Å²) in [5, 5.41) is 8.88. The third-order valence-corrected chi connectivity index (χ3v) is 4.35. The van der Waals surface area contributed by atoms with Crippen LogP contribution in [-0.2, 0) is 0 Å². The molecule has 2 aliphatic rings. The molecule has 0 amide bonds. The molecule has 1 N–H and O–H groups in total. The fraction of sp³-hybridized carbons (Fsp3) is 0.300. The first-order valence-corrected chi connectivity index (χ1v) is 9.13. The van der Waals surface area contributed by atoms with Gasteiger partial charge in [0.15, 0.2) is 12.6 Å². The fourth-order valence-corrected chi connectivity index (χ4v) is 1.97. The number of halogens is 1. The van der Waals surface area contributed by atoms with Crippen molar-refractivity contribution in [3.8, 4) is 11.5 Å². The Hall–Kier alpha value is -2.14. The molecule has 0 unspecified atom stereocenters. The van der Waals surface area contributed by atoms with E-state index in [9.17, 15) is 9.59 Å². The Morgan fingerprint density at radius 3 is 1.84 bits per heavy atom. The van der Waals surface area contributed by atoms with Crippen LogP contribution in [0.3, 0.4) is 0 Å². The van der Waals surface area contributed by atoms with Gasteiger partial charge in [0.1, 0.15) is 11.5 Å². The number of benzene rings is 2. The Morgan fingerprint density at radius 2 is 1.40 bits per heavy atom. The summed E-state index contributed by atoms with van der Waals surface area (Å²) in [5.74, 6) is 0.752. The molecule has 0 bridgehead atoms.